The van der Waals surface area contributed by atoms with Gasteiger partial charge in [0.25, 0.3) is 0 Å². The van der Waals surface area contributed by atoms with E-state index in [2.05, 4.69) is 21.0 Å². The second-order valence-electron chi connectivity index (χ2n) is 6.75. The normalized spacial score (nSPS) is 29.6. The third-order valence-electron chi connectivity index (χ3n) is 5.31. The molecule has 0 aromatic carbocycles. The van der Waals surface area contributed by atoms with Crippen molar-refractivity contribution in [1.82, 2.24) is 4.90 Å². The predicted molar refractivity (Wildman–Crippen MR) is 81.6 cm³/mol. The number of fused-ring (bicyclic) bond motifs is 1. The lowest BCUT2D eigenvalue weighted by Gasteiger charge is -2.49. The summed E-state index contributed by atoms with van der Waals surface area (Å²) in [5.41, 5.74) is -0.312. The highest BCUT2D eigenvalue weighted by atomic mass is 16.2. The highest BCUT2D eigenvalue weighted by molar-refractivity contribution is 5.77. The van der Waals surface area contributed by atoms with E-state index in [9.17, 15) is 4.79 Å². The third kappa shape index (κ3) is 3.28. The average molecular weight is 287 g/mol. The summed E-state index contributed by atoms with van der Waals surface area (Å²) in [7, 11) is 0. The molecule has 2 unspecified atom stereocenters. The minimum Gasteiger partial charge on any atom is -0.339 e. The van der Waals surface area contributed by atoms with Crippen LogP contribution in [0.1, 0.15) is 64.2 Å². The van der Waals surface area contributed by atoms with Gasteiger partial charge in [0.15, 0.2) is 5.66 Å². The maximum atomic E-state index is 12.4. The van der Waals surface area contributed by atoms with Gasteiger partial charge in [0.1, 0.15) is 0 Å². The Morgan fingerprint density at radius 2 is 1.95 bits per heavy atom. The minimum atomic E-state index is -0.312. The summed E-state index contributed by atoms with van der Waals surface area (Å²) in [6, 6.07) is 0.521. The summed E-state index contributed by atoms with van der Waals surface area (Å²) >= 11 is 0. The fraction of sp³-hybridized carbons (Fsp3) is 0.824. The Bertz CT molecular complexity index is 459. The molecular weight excluding hydrogens is 262 g/mol. The largest absolute Gasteiger partial charge is 0.339 e. The summed E-state index contributed by atoms with van der Waals surface area (Å²) in [5.74, 6) is 3.70. The zero-order chi connectivity index (χ0) is 14.7. The van der Waals surface area contributed by atoms with Crippen molar-refractivity contribution in [3.05, 3.63) is 0 Å². The summed E-state index contributed by atoms with van der Waals surface area (Å²) < 4.78 is 0. The van der Waals surface area contributed by atoms with E-state index < -0.39 is 0 Å². The van der Waals surface area contributed by atoms with Crippen molar-refractivity contribution in [3.8, 4) is 12.3 Å². The Morgan fingerprint density at radius 3 is 2.67 bits per heavy atom. The number of carbonyl (C=O) groups excluding carboxylic acids is 1. The zero-order valence-electron chi connectivity index (χ0n) is 12.8. The van der Waals surface area contributed by atoms with Gasteiger partial charge in [-0.05, 0) is 18.8 Å². The first-order valence-corrected chi connectivity index (χ1v) is 8.41. The van der Waals surface area contributed by atoms with Crippen LogP contribution in [0.3, 0.4) is 0 Å². The van der Waals surface area contributed by atoms with Gasteiger partial charge in [-0.1, -0.05) is 25.7 Å². The molecule has 21 heavy (non-hydrogen) atoms. The minimum absolute atomic E-state index is 0.300. The highest BCUT2D eigenvalue weighted by Crippen LogP contribution is 2.39. The molecule has 3 rings (SSSR count). The molecule has 2 heterocycles. The van der Waals surface area contributed by atoms with Crippen molar-refractivity contribution in [2.75, 3.05) is 6.54 Å². The Balaban J connectivity index is 1.45. The lowest BCUT2D eigenvalue weighted by atomic mass is 9.79. The van der Waals surface area contributed by atoms with Gasteiger partial charge in [-0.15, -0.1) is 12.3 Å². The maximum Gasteiger partial charge on any atom is 0.223 e. The molecule has 2 fully saturated rings. The standard InChI is InChI=1S/C17H25N3O/c1-2-3-11-17(18-19-17)12-10-16(21)20-13-14-8-6-4-5-7-9-15(14)20/h1,14-15H,3-13H2. The first kappa shape index (κ1) is 14.6. The first-order chi connectivity index (χ1) is 10.2. The molecule has 0 aromatic heterocycles. The number of hydrogen-bond donors (Lipinski definition) is 0. The van der Waals surface area contributed by atoms with E-state index in [1.54, 1.807) is 0 Å². The topological polar surface area (TPSA) is 45.0 Å². The second kappa shape index (κ2) is 6.17. The van der Waals surface area contributed by atoms with Crippen molar-refractivity contribution in [2.45, 2.75) is 75.9 Å². The molecule has 0 bridgehead atoms. The first-order valence-electron chi connectivity index (χ1n) is 8.41. The molecule has 4 nitrogen and oxygen atoms in total. The van der Waals surface area contributed by atoms with Crippen molar-refractivity contribution < 1.29 is 4.79 Å². The molecule has 1 aliphatic carbocycles. The molecule has 3 aliphatic rings. The van der Waals surface area contributed by atoms with Gasteiger partial charge in [0.05, 0.1) is 0 Å². The highest BCUT2D eigenvalue weighted by Gasteiger charge is 2.43. The molecular formula is C17H25N3O. The van der Waals surface area contributed by atoms with Gasteiger partial charge in [-0.25, -0.2) is 0 Å². The van der Waals surface area contributed by atoms with Gasteiger partial charge in [-0.3, -0.25) is 4.79 Å². The van der Waals surface area contributed by atoms with E-state index in [0.717, 1.165) is 25.3 Å². The zero-order valence-corrected chi connectivity index (χ0v) is 12.8. The molecule has 1 saturated carbocycles. The summed E-state index contributed by atoms with van der Waals surface area (Å²) in [6.07, 6.45) is 15.9. The van der Waals surface area contributed by atoms with E-state index in [0.29, 0.717) is 24.8 Å². The van der Waals surface area contributed by atoms with Gasteiger partial charge in [0.2, 0.25) is 5.91 Å². The molecule has 2 atom stereocenters. The number of amides is 1. The van der Waals surface area contributed by atoms with Crippen LogP contribution < -0.4 is 0 Å². The van der Waals surface area contributed by atoms with E-state index >= 15 is 0 Å². The third-order valence-corrected chi connectivity index (χ3v) is 5.31. The summed E-state index contributed by atoms with van der Waals surface area (Å²) in [5, 5.41) is 8.23. The van der Waals surface area contributed by atoms with E-state index in [-0.39, 0.29) is 5.66 Å². The summed E-state index contributed by atoms with van der Waals surface area (Å²) in [4.78, 5) is 14.5. The maximum absolute atomic E-state index is 12.4. The predicted octanol–water partition coefficient (Wildman–Crippen LogP) is 3.52. The Morgan fingerprint density at radius 1 is 1.19 bits per heavy atom. The fourth-order valence-electron chi connectivity index (χ4n) is 3.82. The Kier molecular flexibility index (Phi) is 4.28. The van der Waals surface area contributed by atoms with Crippen LogP contribution in [0, 0.1) is 18.3 Å². The van der Waals surface area contributed by atoms with Gasteiger partial charge >= 0.3 is 0 Å². The number of carbonyl (C=O) groups is 1. The molecule has 0 N–H and O–H groups in total. The van der Waals surface area contributed by atoms with E-state index in [4.69, 9.17) is 6.42 Å². The lowest BCUT2D eigenvalue weighted by Crippen LogP contribution is -2.58. The van der Waals surface area contributed by atoms with Crippen LogP contribution in [0.4, 0.5) is 0 Å². The molecule has 0 spiro atoms. The smallest absolute Gasteiger partial charge is 0.223 e. The van der Waals surface area contributed by atoms with Crippen LogP contribution in [0.15, 0.2) is 10.2 Å². The monoisotopic (exact) mass is 287 g/mol. The van der Waals surface area contributed by atoms with Crippen LogP contribution in [0.25, 0.3) is 0 Å². The SMILES string of the molecule is C#CCCC1(CCC(=O)N2CC3CCCCCCC32)N=N1. The van der Waals surface area contributed by atoms with Gasteiger partial charge < -0.3 is 4.90 Å². The number of terminal acetylenes is 1. The number of likely N-dealkylation sites (tertiary alicyclic amines) is 1. The van der Waals surface area contributed by atoms with E-state index in [1.807, 2.05) is 0 Å². The fourth-order valence-corrected chi connectivity index (χ4v) is 3.82. The molecule has 114 valence electrons. The number of nitrogens with zero attached hydrogens (tertiary/aromatic N) is 3. The van der Waals surface area contributed by atoms with Crippen molar-refractivity contribution in [1.29, 1.82) is 0 Å². The molecule has 1 amide bonds. The number of rotatable bonds is 5. The lowest BCUT2D eigenvalue weighted by molar-refractivity contribution is -0.145. The second-order valence-corrected chi connectivity index (χ2v) is 6.75. The molecule has 1 saturated heterocycles. The van der Waals surface area contributed by atoms with Gasteiger partial charge in [-0.2, -0.15) is 10.2 Å². The van der Waals surface area contributed by atoms with Crippen LogP contribution in [0.2, 0.25) is 0 Å². The van der Waals surface area contributed by atoms with Crippen molar-refractivity contribution in [3.63, 3.8) is 0 Å². The molecule has 2 aliphatic heterocycles. The molecule has 0 radical (unpaired) electrons. The van der Waals surface area contributed by atoms with Crippen LogP contribution in [-0.2, 0) is 4.79 Å². The van der Waals surface area contributed by atoms with Crippen LogP contribution >= 0.6 is 0 Å². The van der Waals surface area contributed by atoms with Gasteiger partial charge in [0, 0.05) is 38.3 Å². The van der Waals surface area contributed by atoms with Crippen molar-refractivity contribution in [2.24, 2.45) is 16.1 Å². The van der Waals surface area contributed by atoms with Crippen LogP contribution in [-0.4, -0.2) is 29.1 Å². The van der Waals surface area contributed by atoms with Crippen molar-refractivity contribution >= 4 is 5.91 Å². The average Bonchev–Trinajstić information content (AvgIpc) is 3.22. The number of hydrogen-bond acceptors (Lipinski definition) is 3. The molecule has 0 aromatic rings. The Hall–Kier alpha value is -1.37. The Labute approximate surface area is 127 Å². The summed E-state index contributed by atoms with van der Waals surface area (Å²) in [6.45, 7) is 0.981. The molecule has 4 heteroatoms. The van der Waals surface area contributed by atoms with E-state index in [1.165, 1.54) is 38.5 Å². The van der Waals surface area contributed by atoms with Crippen LogP contribution in [0.5, 0.6) is 0 Å². The quantitative estimate of drug-likeness (QED) is 0.713.